The van der Waals surface area contributed by atoms with E-state index in [1.54, 1.807) is 6.92 Å². The molecule has 28 heavy (non-hydrogen) atoms. The summed E-state index contributed by atoms with van der Waals surface area (Å²) in [5, 5.41) is 1.70. The fraction of sp³-hybridized carbons (Fsp3) is 0.318. The molecular formula is C22H23ClN4O. The summed E-state index contributed by atoms with van der Waals surface area (Å²) in [7, 11) is 0. The van der Waals surface area contributed by atoms with E-state index in [-0.39, 0.29) is 5.78 Å². The highest BCUT2D eigenvalue weighted by molar-refractivity contribution is 6.33. The van der Waals surface area contributed by atoms with Gasteiger partial charge in [0.25, 0.3) is 0 Å². The van der Waals surface area contributed by atoms with E-state index in [1.165, 1.54) is 0 Å². The van der Waals surface area contributed by atoms with Gasteiger partial charge in [0, 0.05) is 50.1 Å². The Bertz CT molecular complexity index is 999. The first kappa shape index (κ1) is 18.8. The van der Waals surface area contributed by atoms with Gasteiger partial charge in [-0.1, -0.05) is 35.9 Å². The number of carbonyl (C=O) groups is 1. The number of para-hydroxylation sites is 1. The number of aromatic nitrogens is 2. The summed E-state index contributed by atoms with van der Waals surface area (Å²) in [6.45, 7) is 6.08. The molecule has 1 aliphatic heterocycles. The summed E-state index contributed by atoms with van der Waals surface area (Å²) in [5.74, 6) is 1.85. The standard InChI is InChI=1S/C22H23ClN4O/c1-16(28)10-11-26-12-14-27(15-13-26)22-18-7-3-5-9-20(18)24-21(25-22)17-6-2-4-8-19(17)23/h2-9H,10-15H2,1H3. The van der Waals surface area contributed by atoms with E-state index in [4.69, 9.17) is 21.6 Å². The highest BCUT2D eigenvalue weighted by Gasteiger charge is 2.21. The number of hydrogen-bond acceptors (Lipinski definition) is 5. The third-order valence-corrected chi connectivity index (χ3v) is 5.48. The Morgan fingerprint density at radius 3 is 2.46 bits per heavy atom. The van der Waals surface area contributed by atoms with Crippen LogP contribution < -0.4 is 4.90 Å². The van der Waals surface area contributed by atoms with Crippen LogP contribution in [0.4, 0.5) is 5.82 Å². The first-order valence-electron chi connectivity index (χ1n) is 9.60. The number of anilines is 1. The van der Waals surface area contributed by atoms with Crippen LogP contribution in [0.2, 0.25) is 5.02 Å². The topological polar surface area (TPSA) is 49.3 Å². The maximum Gasteiger partial charge on any atom is 0.163 e. The monoisotopic (exact) mass is 394 g/mol. The largest absolute Gasteiger partial charge is 0.353 e. The molecule has 2 heterocycles. The van der Waals surface area contributed by atoms with Crippen molar-refractivity contribution in [1.29, 1.82) is 0 Å². The molecule has 1 fully saturated rings. The quantitative estimate of drug-likeness (QED) is 0.653. The number of fused-ring (bicyclic) bond motifs is 1. The van der Waals surface area contributed by atoms with Crippen LogP contribution in [-0.4, -0.2) is 53.4 Å². The van der Waals surface area contributed by atoms with Gasteiger partial charge in [0.05, 0.1) is 10.5 Å². The minimum Gasteiger partial charge on any atom is -0.353 e. The van der Waals surface area contributed by atoms with E-state index in [0.29, 0.717) is 17.3 Å². The van der Waals surface area contributed by atoms with E-state index in [9.17, 15) is 4.79 Å². The molecule has 1 aliphatic rings. The van der Waals surface area contributed by atoms with Crippen molar-refractivity contribution in [3.05, 3.63) is 53.6 Å². The van der Waals surface area contributed by atoms with Crippen LogP contribution in [0.25, 0.3) is 22.3 Å². The van der Waals surface area contributed by atoms with E-state index >= 15 is 0 Å². The predicted octanol–water partition coefficient (Wildman–Crippen LogP) is 4.05. The molecule has 0 aliphatic carbocycles. The molecule has 0 saturated carbocycles. The van der Waals surface area contributed by atoms with E-state index in [0.717, 1.165) is 55.0 Å². The fourth-order valence-electron chi connectivity index (χ4n) is 3.56. The normalized spacial score (nSPS) is 15.1. The Labute approximate surface area is 170 Å². The molecule has 3 aromatic rings. The van der Waals surface area contributed by atoms with Crippen molar-refractivity contribution in [3.63, 3.8) is 0 Å². The highest BCUT2D eigenvalue weighted by atomic mass is 35.5. The average molecular weight is 395 g/mol. The zero-order valence-corrected chi connectivity index (χ0v) is 16.7. The van der Waals surface area contributed by atoms with Gasteiger partial charge >= 0.3 is 0 Å². The lowest BCUT2D eigenvalue weighted by atomic mass is 10.1. The number of nitrogens with zero attached hydrogens (tertiary/aromatic N) is 4. The molecule has 0 amide bonds. The van der Waals surface area contributed by atoms with Gasteiger partial charge in [-0.25, -0.2) is 9.97 Å². The predicted molar refractivity (Wildman–Crippen MR) is 114 cm³/mol. The Hall–Kier alpha value is -2.50. The molecule has 2 aromatic carbocycles. The van der Waals surface area contributed by atoms with Crippen molar-refractivity contribution in [1.82, 2.24) is 14.9 Å². The van der Waals surface area contributed by atoms with Crippen molar-refractivity contribution in [2.24, 2.45) is 0 Å². The average Bonchev–Trinajstić information content (AvgIpc) is 2.72. The first-order chi connectivity index (χ1) is 13.6. The number of benzene rings is 2. The van der Waals surface area contributed by atoms with Crippen LogP contribution >= 0.6 is 11.6 Å². The number of carbonyl (C=O) groups excluding carboxylic acids is 1. The van der Waals surface area contributed by atoms with E-state index in [1.807, 2.05) is 42.5 Å². The van der Waals surface area contributed by atoms with Gasteiger partial charge < -0.3 is 4.90 Å². The zero-order valence-electron chi connectivity index (χ0n) is 15.9. The number of rotatable bonds is 5. The molecule has 0 unspecified atom stereocenters. The second kappa shape index (κ2) is 8.25. The molecule has 144 valence electrons. The SMILES string of the molecule is CC(=O)CCN1CCN(c2nc(-c3ccccc3Cl)nc3ccccc23)CC1. The van der Waals surface area contributed by atoms with Gasteiger partial charge in [-0.05, 0) is 31.2 Å². The molecular weight excluding hydrogens is 372 g/mol. The number of halogens is 1. The van der Waals surface area contributed by atoms with Crippen LogP contribution in [0.1, 0.15) is 13.3 Å². The van der Waals surface area contributed by atoms with Crippen LogP contribution in [0.5, 0.6) is 0 Å². The molecule has 0 bridgehead atoms. The Kier molecular flexibility index (Phi) is 5.55. The van der Waals surface area contributed by atoms with Crippen molar-refractivity contribution in [2.45, 2.75) is 13.3 Å². The van der Waals surface area contributed by atoms with Gasteiger partial charge in [-0.15, -0.1) is 0 Å². The van der Waals surface area contributed by atoms with Gasteiger partial charge in [-0.3, -0.25) is 9.69 Å². The minimum absolute atomic E-state index is 0.244. The maximum atomic E-state index is 11.3. The molecule has 0 N–H and O–H groups in total. The highest BCUT2D eigenvalue weighted by Crippen LogP contribution is 2.31. The smallest absolute Gasteiger partial charge is 0.163 e. The summed E-state index contributed by atoms with van der Waals surface area (Å²) in [6.07, 6.45) is 0.618. The Morgan fingerprint density at radius 2 is 1.71 bits per heavy atom. The van der Waals surface area contributed by atoms with Gasteiger partial charge in [0.2, 0.25) is 0 Å². The zero-order chi connectivity index (χ0) is 19.5. The van der Waals surface area contributed by atoms with Gasteiger partial charge in [0.1, 0.15) is 11.6 Å². The number of Topliss-reactive ketones (excluding diaryl/α,β-unsaturated/α-hetero) is 1. The molecule has 5 nitrogen and oxygen atoms in total. The third-order valence-electron chi connectivity index (χ3n) is 5.15. The van der Waals surface area contributed by atoms with Crippen molar-refractivity contribution >= 4 is 34.1 Å². The van der Waals surface area contributed by atoms with Crippen LogP contribution in [0.3, 0.4) is 0 Å². The molecule has 1 aromatic heterocycles. The molecule has 6 heteroatoms. The lowest BCUT2D eigenvalue weighted by Crippen LogP contribution is -2.47. The fourth-order valence-corrected chi connectivity index (χ4v) is 3.78. The minimum atomic E-state index is 0.244. The number of piperazine rings is 1. The number of hydrogen-bond donors (Lipinski definition) is 0. The van der Waals surface area contributed by atoms with E-state index < -0.39 is 0 Å². The summed E-state index contributed by atoms with van der Waals surface area (Å²) >= 11 is 6.40. The second-order valence-electron chi connectivity index (χ2n) is 7.15. The van der Waals surface area contributed by atoms with Crippen LogP contribution in [-0.2, 0) is 4.79 Å². The Morgan fingerprint density at radius 1 is 1.00 bits per heavy atom. The van der Waals surface area contributed by atoms with Crippen molar-refractivity contribution in [2.75, 3.05) is 37.6 Å². The summed E-state index contributed by atoms with van der Waals surface area (Å²) in [4.78, 5) is 25.6. The first-order valence-corrected chi connectivity index (χ1v) is 9.98. The van der Waals surface area contributed by atoms with Crippen LogP contribution in [0.15, 0.2) is 48.5 Å². The molecule has 0 spiro atoms. The lowest BCUT2D eigenvalue weighted by molar-refractivity contribution is -0.117. The molecule has 1 saturated heterocycles. The molecule has 0 radical (unpaired) electrons. The lowest BCUT2D eigenvalue weighted by Gasteiger charge is -2.35. The summed E-state index contributed by atoms with van der Waals surface area (Å²) in [6, 6.07) is 15.8. The van der Waals surface area contributed by atoms with Gasteiger partial charge in [-0.2, -0.15) is 0 Å². The molecule has 0 atom stereocenters. The Balaban J connectivity index is 1.65. The molecule has 4 rings (SSSR count). The number of ketones is 1. The summed E-state index contributed by atoms with van der Waals surface area (Å²) < 4.78 is 0. The van der Waals surface area contributed by atoms with Gasteiger partial charge in [0.15, 0.2) is 5.82 Å². The van der Waals surface area contributed by atoms with Crippen molar-refractivity contribution < 1.29 is 4.79 Å². The summed E-state index contributed by atoms with van der Waals surface area (Å²) in [5.41, 5.74) is 1.76. The van der Waals surface area contributed by atoms with Crippen LogP contribution in [0, 0.1) is 0 Å². The second-order valence-corrected chi connectivity index (χ2v) is 7.56. The third kappa shape index (κ3) is 4.01. The van der Waals surface area contributed by atoms with E-state index in [2.05, 4.69) is 15.9 Å². The van der Waals surface area contributed by atoms with Crippen molar-refractivity contribution in [3.8, 4) is 11.4 Å². The maximum absolute atomic E-state index is 11.3.